The molecule has 1 aliphatic heterocycles. The number of amides is 1. The van der Waals surface area contributed by atoms with Gasteiger partial charge in [0, 0.05) is 23.2 Å². The van der Waals surface area contributed by atoms with Crippen LogP contribution in [-0.4, -0.2) is 47.2 Å². The summed E-state index contributed by atoms with van der Waals surface area (Å²) in [6, 6.07) is 7.79. The van der Waals surface area contributed by atoms with Crippen molar-refractivity contribution in [2.45, 2.75) is 57.9 Å². The second kappa shape index (κ2) is 9.56. The molecular weight excluding hydrogens is 392 g/mol. The van der Waals surface area contributed by atoms with Gasteiger partial charge in [0.2, 0.25) is 5.91 Å². The van der Waals surface area contributed by atoms with Gasteiger partial charge in [0.1, 0.15) is 11.5 Å². The minimum Gasteiger partial charge on any atom is -0.497 e. The molecule has 31 heavy (non-hydrogen) atoms. The Morgan fingerprint density at radius 2 is 2.16 bits per heavy atom. The van der Waals surface area contributed by atoms with Crippen LogP contribution in [0.15, 0.2) is 35.0 Å². The topological polar surface area (TPSA) is 83.4 Å². The smallest absolute Gasteiger partial charge is 0.242 e. The van der Waals surface area contributed by atoms with Gasteiger partial charge < -0.3 is 19.6 Å². The SMILES string of the molecule is CCCCC(C(=O)Nc1cc(C)on1)N1CCC(c2c[nH]c3ccc(OC)cc23)CC1. The van der Waals surface area contributed by atoms with Gasteiger partial charge in [0.15, 0.2) is 5.82 Å². The average Bonchev–Trinajstić information content (AvgIpc) is 3.39. The number of anilines is 1. The fourth-order valence-corrected chi connectivity index (χ4v) is 4.62. The van der Waals surface area contributed by atoms with E-state index in [-0.39, 0.29) is 11.9 Å². The highest BCUT2D eigenvalue weighted by Crippen LogP contribution is 2.35. The first kappa shape index (κ1) is 21.4. The zero-order valence-electron chi connectivity index (χ0n) is 18.6. The summed E-state index contributed by atoms with van der Waals surface area (Å²) in [4.78, 5) is 18.8. The Labute approximate surface area is 183 Å². The lowest BCUT2D eigenvalue weighted by molar-refractivity contribution is -0.122. The van der Waals surface area contributed by atoms with Crippen molar-refractivity contribution in [3.8, 4) is 5.75 Å². The van der Waals surface area contributed by atoms with Crippen LogP contribution in [0.3, 0.4) is 0 Å². The number of aromatic nitrogens is 2. The minimum atomic E-state index is -0.138. The maximum Gasteiger partial charge on any atom is 0.242 e. The number of carbonyl (C=O) groups excluding carboxylic acids is 1. The normalized spacial score (nSPS) is 16.5. The first-order chi connectivity index (χ1) is 15.1. The van der Waals surface area contributed by atoms with Gasteiger partial charge in [-0.2, -0.15) is 0 Å². The van der Waals surface area contributed by atoms with Crippen molar-refractivity contribution in [2.75, 3.05) is 25.5 Å². The number of piperidine rings is 1. The monoisotopic (exact) mass is 424 g/mol. The Hall–Kier alpha value is -2.80. The second-order valence-electron chi connectivity index (χ2n) is 8.44. The maximum atomic E-state index is 13.0. The van der Waals surface area contributed by atoms with Crippen LogP contribution < -0.4 is 10.1 Å². The van der Waals surface area contributed by atoms with E-state index >= 15 is 0 Å². The van der Waals surface area contributed by atoms with E-state index in [9.17, 15) is 4.79 Å². The number of nitrogens with zero attached hydrogens (tertiary/aromatic N) is 2. The van der Waals surface area contributed by atoms with Gasteiger partial charge in [-0.1, -0.05) is 24.9 Å². The molecule has 0 bridgehead atoms. The first-order valence-corrected chi connectivity index (χ1v) is 11.2. The summed E-state index contributed by atoms with van der Waals surface area (Å²) >= 11 is 0. The number of rotatable bonds is 8. The van der Waals surface area contributed by atoms with Crippen molar-refractivity contribution in [1.82, 2.24) is 15.0 Å². The van der Waals surface area contributed by atoms with Crippen LogP contribution >= 0.6 is 0 Å². The highest BCUT2D eigenvalue weighted by atomic mass is 16.5. The van der Waals surface area contributed by atoms with Gasteiger partial charge >= 0.3 is 0 Å². The molecule has 1 aromatic carbocycles. The third-order valence-corrected chi connectivity index (χ3v) is 6.34. The van der Waals surface area contributed by atoms with Crippen molar-refractivity contribution in [3.05, 3.63) is 41.8 Å². The Morgan fingerprint density at radius 3 is 2.84 bits per heavy atom. The van der Waals surface area contributed by atoms with Crippen molar-refractivity contribution in [2.24, 2.45) is 0 Å². The van der Waals surface area contributed by atoms with Crippen LogP contribution in [0, 0.1) is 6.92 Å². The van der Waals surface area contributed by atoms with Crippen molar-refractivity contribution >= 4 is 22.6 Å². The van der Waals surface area contributed by atoms with Crippen LogP contribution in [0.1, 0.15) is 56.3 Å². The van der Waals surface area contributed by atoms with Crippen LogP contribution in [0.5, 0.6) is 5.75 Å². The van der Waals surface area contributed by atoms with Crippen LogP contribution in [0.25, 0.3) is 10.9 Å². The fraction of sp³-hybridized carbons (Fsp3) is 0.500. The van der Waals surface area contributed by atoms with Gasteiger partial charge in [-0.3, -0.25) is 9.69 Å². The van der Waals surface area contributed by atoms with Crippen LogP contribution in [0.4, 0.5) is 5.82 Å². The highest BCUT2D eigenvalue weighted by molar-refractivity contribution is 5.94. The maximum absolute atomic E-state index is 13.0. The summed E-state index contributed by atoms with van der Waals surface area (Å²) in [5.74, 6) is 2.55. The molecule has 7 heteroatoms. The molecule has 166 valence electrons. The summed E-state index contributed by atoms with van der Waals surface area (Å²) in [6.45, 7) is 5.79. The predicted molar refractivity (Wildman–Crippen MR) is 122 cm³/mol. The lowest BCUT2D eigenvalue weighted by Gasteiger charge is -2.36. The fourth-order valence-electron chi connectivity index (χ4n) is 4.62. The third kappa shape index (κ3) is 4.77. The number of likely N-dealkylation sites (tertiary alicyclic amines) is 1. The number of hydrogen-bond acceptors (Lipinski definition) is 5. The molecule has 1 unspecified atom stereocenters. The number of unbranched alkanes of at least 4 members (excludes halogenated alkanes) is 1. The zero-order valence-corrected chi connectivity index (χ0v) is 18.6. The largest absolute Gasteiger partial charge is 0.497 e. The number of hydrogen-bond donors (Lipinski definition) is 2. The number of aromatic amines is 1. The number of H-pyrrole nitrogens is 1. The van der Waals surface area contributed by atoms with E-state index < -0.39 is 0 Å². The van der Waals surface area contributed by atoms with Crippen LogP contribution in [-0.2, 0) is 4.79 Å². The molecule has 7 nitrogen and oxygen atoms in total. The number of nitrogens with one attached hydrogen (secondary N) is 2. The Bertz CT molecular complexity index is 1020. The van der Waals surface area contributed by atoms with Crippen LogP contribution in [0.2, 0.25) is 0 Å². The van der Waals surface area contributed by atoms with E-state index in [2.05, 4.69) is 45.6 Å². The van der Waals surface area contributed by atoms with E-state index in [4.69, 9.17) is 9.26 Å². The molecule has 0 radical (unpaired) electrons. The van der Waals surface area contributed by atoms with E-state index in [1.54, 1.807) is 13.2 Å². The summed E-state index contributed by atoms with van der Waals surface area (Å²) < 4.78 is 10.5. The number of benzene rings is 1. The van der Waals surface area contributed by atoms with E-state index in [1.807, 2.05) is 13.0 Å². The average molecular weight is 425 g/mol. The molecule has 1 atom stereocenters. The lowest BCUT2D eigenvalue weighted by atomic mass is 9.88. The highest BCUT2D eigenvalue weighted by Gasteiger charge is 2.31. The summed E-state index contributed by atoms with van der Waals surface area (Å²) in [6.07, 6.45) is 7.15. The minimum absolute atomic E-state index is 0.0111. The Morgan fingerprint density at radius 1 is 1.35 bits per heavy atom. The number of ether oxygens (including phenoxy) is 1. The number of aryl methyl sites for hydroxylation is 1. The molecular formula is C24H32N4O3. The van der Waals surface area contributed by atoms with Crippen molar-refractivity contribution in [3.63, 3.8) is 0 Å². The molecule has 0 spiro atoms. The first-order valence-electron chi connectivity index (χ1n) is 11.2. The molecule has 4 rings (SSSR count). The van der Waals surface area contributed by atoms with E-state index in [0.717, 1.165) is 56.5 Å². The zero-order chi connectivity index (χ0) is 21.8. The molecule has 0 saturated carbocycles. The predicted octanol–water partition coefficient (Wildman–Crippen LogP) is 4.85. The molecule has 1 fully saturated rings. The van der Waals surface area contributed by atoms with E-state index in [1.165, 1.54) is 10.9 Å². The molecule has 3 aromatic rings. The molecule has 3 heterocycles. The van der Waals surface area contributed by atoms with E-state index in [0.29, 0.717) is 17.5 Å². The summed E-state index contributed by atoms with van der Waals surface area (Å²) in [5.41, 5.74) is 2.49. The molecule has 1 saturated heterocycles. The Balaban J connectivity index is 1.44. The van der Waals surface area contributed by atoms with Gasteiger partial charge in [0.05, 0.1) is 13.2 Å². The second-order valence-corrected chi connectivity index (χ2v) is 8.44. The number of carbonyl (C=O) groups is 1. The van der Waals surface area contributed by atoms with Gasteiger partial charge in [-0.15, -0.1) is 0 Å². The molecule has 1 aliphatic rings. The van der Waals surface area contributed by atoms with Crippen molar-refractivity contribution < 1.29 is 14.1 Å². The van der Waals surface area contributed by atoms with Crippen molar-refractivity contribution in [1.29, 1.82) is 0 Å². The van der Waals surface area contributed by atoms with Gasteiger partial charge in [0.25, 0.3) is 0 Å². The summed E-state index contributed by atoms with van der Waals surface area (Å²) in [7, 11) is 1.70. The molecule has 2 N–H and O–H groups in total. The molecule has 1 amide bonds. The van der Waals surface area contributed by atoms with Gasteiger partial charge in [-0.05, 0) is 69.0 Å². The quantitative estimate of drug-likeness (QED) is 0.540. The third-order valence-electron chi connectivity index (χ3n) is 6.34. The molecule has 2 aromatic heterocycles. The summed E-state index contributed by atoms with van der Waals surface area (Å²) in [5, 5.41) is 8.09. The standard InChI is InChI=1S/C24H32N4O3/c1-4-5-6-22(24(29)26-23-13-16(2)31-27-23)28-11-9-17(10-12-28)20-15-25-21-8-7-18(30-3)14-19(20)21/h7-8,13-15,17,22,25H,4-6,9-12H2,1-3H3,(H,26,27,29). The number of fused-ring (bicyclic) bond motifs is 1. The lowest BCUT2D eigenvalue weighted by Crippen LogP contribution is -2.47. The number of methoxy groups -OCH3 is 1. The van der Waals surface area contributed by atoms with Gasteiger partial charge in [-0.25, -0.2) is 0 Å². The Kier molecular flexibility index (Phi) is 6.61. The molecule has 0 aliphatic carbocycles.